The van der Waals surface area contributed by atoms with Crippen molar-refractivity contribution in [1.82, 2.24) is 15.3 Å². The predicted octanol–water partition coefficient (Wildman–Crippen LogP) is 2.24. The number of aromatic nitrogens is 2. The van der Waals surface area contributed by atoms with E-state index >= 15 is 0 Å². The van der Waals surface area contributed by atoms with Gasteiger partial charge in [0, 0.05) is 26.2 Å². The van der Waals surface area contributed by atoms with Gasteiger partial charge in [0.25, 0.3) is 0 Å². The topological polar surface area (TPSA) is 50.3 Å². The molecule has 2 aliphatic rings. The Morgan fingerprint density at radius 1 is 1.14 bits per heavy atom. The molecule has 1 aliphatic carbocycles. The Morgan fingerprint density at radius 3 is 2.76 bits per heavy atom. The second-order valence-corrected chi connectivity index (χ2v) is 6.09. The minimum Gasteiger partial charge on any atom is -0.477 e. The summed E-state index contributed by atoms with van der Waals surface area (Å²) in [6, 6.07) is 0. The van der Waals surface area contributed by atoms with Crippen molar-refractivity contribution in [3.05, 3.63) is 12.4 Å². The van der Waals surface area contributed by atoms with Crippen molar-refractivity contribution < 1.29 is 4.74 Å². The Bertz CT molecular complexity index is 428. The van der Waals surface area contributed by atoms with E-state index in [0.29, 0.717) is 5.88 Å². The molecular formula is C16H26N4O. The molecule has 0 amide bonds. The zero-order valence-electron chi connectivity index (χ0n) is 12.8. The predicted molar refractivity (Wildman–Crippen MR) is 83.8 cm³/mol. The monoisotopic (exact) mass is 290 g/mol. The highest BCUT2D eigenvalue weighted by Crippen LogP contribution is 2.26. The van der Waals surface area contributed by atoms with Crippen molar-refractivity contribution >= 4 is 5.82 Å². The summed E-state index contributed by atoms with van der Waals surface area (Å²) >= 11 is 0. The van der Waals surface area contributed by atoms with Gasteiger partial charge in [-0.3, -0.25) is 4.98 Å². The summed E-state index contributed by atoms with van der Waals surface area (Å²) < 4.78 is 5.82. The Morgan fingerprint density at radius 2 is 1.95 bits per heavy atom. The van der Waals surface area contributed by atoms with E-state index in [1.54, 1.807) is 6.20 Å². The van der Waals surface area contributed by atoms with Crippen molar-refractivity contribution in [2.45, 2.75) is 38.5 Å². The standard InChI is InChI=1S/C16H26N4O/c1-2-4-14(5-3-1)6-11-21-16-13-18-12-15(19-16)20-9-7-17-8-10-20/h12-14,17H,1-11H2. The van der Waals surface area contributed by atoms with E-state index in [2.05, 4.69) is 20.2 Å². The summed E-state index contributed by atoms with van der Waals surface area (Å²) in [6.07, 6.45) is 11.7. The lowest BCUT2D eigenvalue weighted by molar-refractivity contribution is 0.239. The van der Waals surface area contributed by atoms with Crippen LogP contribution in [0.3, 0.4) is 0 Å². The van der Waals surface area contributed by atoms with E-state index < -0.39 is 0 Å². The Labute approximate surface area is 127 Å². The molecular weight excluding hydrogens is 264 g/mol. The fourth-order valence-corrected chi connectivity index (χ4v) is 3.26. The van der Waals surface area contributed by atoms with Crippen molar-refractivity contribution in [3.8, 4) is 5.88 Å². The number of nitrogens with zero attached hydrogens (tertiary/aromatic N) is 3. The van der Waals surface area contributed by atoms with Crippen LogP contribution in [-0.2, 0) is 0 Å². The van der Waals surface area contributed by atoms with Crippen LogP contribution in [0.25, 0.3) is 0 Å². The molecule has 0 aromatic carbocycles. The fraction of sp³-hybridized carbons (Fsp3) is 0.750. The first kappa shape index (κ1) is 14.6. The molecule has 1 saturated carbocycles. The van der Waals surface area contributed by atoms with Crippen molar-refractivity contribution in [2.75, 3.05) is 37.7 Å². The first-order chi connectivity index (χ1) is 10.4. The molecule has 1 aromatic heterocycles. The lowest BCUT2D eigenvalue weighted by Gasteiger charge is -2.28. The van der Waals surface area contributed by atoms with E-state index in [0.717, 1.165) is 50.9 Å². The molecule has 0 bridgehead atoms. The summed E-state index contributed by atoms with van der Waals surface area (Å²) in [5.41, 5.74) is 0. The quantitative estimate of drug-likeness (QED) is 0.901. The van der Waals surface area contributed by atoms with E-state index in [4.69, 9.17) is 4.74 Å². The number of nitrogens with one attached hydrogen (secondary N) is 1. The van der Waals surface area contributed by atoms with Crippen LogP contribution in [0.15, 0.2) is 12.4 Å². The first-order valence-corrected chi connectivity index (χ1v) is 8.32. The fourth-order valence-electron chi connectivity index (χ4n) is 3.26. The van der Waals surface area contributed by atoms with Gasteiger partial charge in [0.05, 0.1) is 19.0 Å². The third-order valence-electron chi connectivity index (χ3n) is 4.54. The average Bonchev–Trinajstić information content (AvgIpc) is 2.57. The number of ether oxygens (including phenoxy) is 1. The van der Waals surface area contributed by atoms with Gasteiger partial charge < -0.3 is 15.0 Å². The smallest absolute Gasteiger partial charge is 0.234 e. The van der Waals surface area contributed by atoms with Gasteiger partial charge >= 0.3 is 0 Å². The van der Waals surface area contributed by atoms with E-state index in [1.165, 1.54) is 32.1 Å². The first-order valence-electron chi connectivity index (χ1n) is 8.32. The molecule has 2 fully saturated rings. The number of hydrogen-bond donors (Lipinski definition) is 1. The van der Waals surface area contributed by atoms with Gasteiger partial charge in [-0.05, 0) is 12.3 Å². The molecule has 1 aromatic rings. The maximum Gasteiger partial charge on any atom is 0.234 e. The molecule has 3 rings (SSSR count). The van der Waals surface area contributed by atoms with E-state index in [9.17, 15) is 0 Å². The number of rotatable bonds is 5. The SMILES string of the molecule is c1ncc(N2CCNCC2)nc1OCCC1CCCCC1. The van der Waals surface area contributed by atoms with Gasteiger partial charge in [0.15, 0.2) is 5.82 Å². The maximum absolute atomic E-state index is 5.82. The lowest BCUT2D eigenvalue weighted by Crippen LogP contribution is -2.43. The van der Waals surface area contributed by atoms with Gasteiger partial charge in [-0.2, -0.15) is 4.98 Å². The van der Waals surface area contributed by atoms with Gasteiger partial charge in [-0.15, -0.1) is 0 Å². The van der Waals surface area contributed by atoms with E-state index in [1.807, 2.05) is 6.20 Å². The van der Waals surface area contributed by atoms with Gasteiger partial charge in [0.1, 0.15) is 0 Å². The highest BCUT2D eigenvalue weighted by atomic mass is 16.5. The Hall–Kier alpha value is -1.36. The van der Waals surface area contributed by atoms with Gasteiger partial charge in [0.2, 0.25) is 5.88 Å². The summed E-state index contributed by atoms with van der Waals surface area (Å²) in [4.78, 5) is 11.1. The van der Waals surface area contributed by atoms with Crippen LogP contribution in [0.2, 0.25) is 0 Å². The molecule has 21 heavy (non-hydrogen) atoms. The molecule has 5 nitrogen and oxygen atoms in total. The molecule has 1 N–H and O–H groups in total. The third-order valence-corrected chi connectivity index (χ3v) is 4.54. The van der Waals surface area contributed by atoms with Crippen LogP contribution in [-0.4, -0.2) is 42.8 Å². The number of piperazine rings is 1. The van der Waals surface area contributed by atoms with Crippen LogP contribution in [0.5, 0.6) is 5.88 Å². The largest absolute Gasteiger partial charge is 0.477 e. The number of hydrogen-bond acceptors (Lipinski definition) is 5. The normalized spacial score (nSPS) is 20.5. The zero-order chi connectivity index (χ0) is 14.3. The summed E-state index contributed by atoms with van der Waals surface area (Å²) in [5, 5.41) is 3.35. The Balaban J connectivity index is 1.48. The van der Waals surface area contributed by atoms with Gasteiger partial charge in [-0.1, -0.05) is 32.1 Å². The molecule has 0 unspecified atom stereocenters. The molecule has 1 saturated heterocycles. The average molecular weight is 290 g/mol. The minimum absolute atomic E-state index is 0.668. The van der Waals surface area contributed by atoms with Crippen LogP contribution in [0.1, 0.15) is 38.5 Å². The van der Waals surface area contributed by atoms with Crippen molar-refractivity contribution in [1.29, 1.82) is 0 Å². The molecule has 5 heteroatoms. The molecule has 1 aliphatic heterocycles. The molecule has 0 radical (unpaired) electrons. The number of anilines is 1. The van der Waals surface area contributed by atoms with Crippen LogP contribution < -0.4 is 15.0 Å². The lowest BCUT2D eigenvalue weighted by atomic mass is 9.87. The highest BCUT2D eigenvalue weighted by Gasteiger charge is 2.15. The van der Waals surface area contributed by atoms with Crippen LogP contribution in [0.4, 0.5) is 5.82 Å². The van der Waals surface area contributed by atoms with Crippen molar-refractivity contribution in [2.24, 2.45) is 5.92 Å². The second kappa shape index (κ2) is 7.59. The Kier molecular flexibility index (Phi) is 5.27. The summed E-state index contributed by atoms with van der Waals surface area (Å²) in [6.45, 7) is 4.76. The van der Waals surface area contributed by atoms with Crippen molar-refractivity contribution in [3.63, 3.8) is 0 Å². The summed E-state index contributed by atoms with van der Waals surface area (Å²) in [7, 11) is 0. The molecule has 0 atom stereocenters. The van der Waals surface area contributed by atoms with Crippen LogP contribution >= 0.6 is 0 Å². The summed E-state index contributed by atoms with van der Waals surface area (Å²) in [5.74, 6) is 2.46. The van der Waals surface area contributed by atoms with Crippen LogP contribution in [0, 0.1) is 5.92 Å². The van der Waals surface area contributed by atoms with Gasteiger partial charge in [-0.25, -0.2) is 0 Å². The second-order valence-electron chi connectivity index (χ2n) is 6.09. The maximum atomic E-state index is 5.82. The minimum atomic E-state index is 0.668. The zero-order valence-corrected chi connectivity index (χ0v) is 12.8. The third kappa shape index (κ3) is 4.30. The molecule has 116 valence electrons. The molecule has 2 heterocycles. The molecule has 0 spiro atoms. The highest BCUT2D eigenvalue weighted by molar-refractivity contribution is 5.38. The van der Waals surface area contributed by atoms with E-state index in [-0.39, 0.29) is 0 Å².